The molecule has 0 spiro atoms. The summed E-state index contributed by atoms with van der Waals surface area (Å²) in [6.45, 7) is 3.96. The van der Waals surface area contributed by atoms with E-state index in [1.54, 1.807) is 12.3 Å². The lowest BCUT2D eigenvalue weighted by Gasteiger charge is -2.33. The van der Waals surface area contributed by atoms with Crippen LogP contribution in [-0.4, -0.2) is 54.9 Å². The van der Waals surface area contributed by atoms with E-state index < -0.39 is 5.91 Å². The summed E-state index contributed by atoms with van der Waals surface area (Å²) in [5.74, 6) is 0.302. The zero-order chi connectivity index (χ0) is 18.3. The lowest BCUT2D eigenvalue weighted by Crippen LogP contribution is -2.44. The van der Waals surface area contributed by atoms with Gasteiger partial charge in [0.1, 0.15) is 5.82 Å². The van der Waals surface area contributed by atoms with Crippen LogP contribution in [0.2, 0.25) is 0 Å². The van der Waals surface area contributed by atoms with Gasteiger partial charge >= 0.3 is 0 Å². The number of hydrogen-bond acceptors (Lipinski definition) is 5. The van der Waals surface area contributed by atoms with E-state index in [1.165, 1.54) is 0 Å². The maximum atomic E-state index is 11.8. The SMILES string of the molecule is CN1CCN(c2ccc(-c3cc4c(c(C(N)=O)c3)CC(=O)N4)cn2)CC1. The third-order valence-corrected chi connectivity index (χ3v) is 5.04. The van der Waals surface area contributed by atoms with E-state index in [4.69, 9.17) is 5.73 Å². The molecule has 2 amide bonds. The first-order valence-corrected chi connectivity index (χ1v) is 8.68. The number of nitrogens with two attached hydrogens (primary N) is 1. The average molecular weight is 351 g/mol. The Morgan fingerprint density at radius 3 is 2.58 bits per heavy atom. The number of hydrogen-bond donors (Lipinski definition) is 2. The molecular weight excluding hydrogens is 330 g/mol. The van der Waals surface area contributed by atoms with Crippen molar-refractivity contribution in [3.63, 3.8) is 0 Å². The van der Waals surface area contributed by atoms with Gasteiger partial charge in [0, 0.05) is 49.2 Å². The highest BCUT2D eigenvalue weighted by atomic mass is 16.2. The average Bonchev–Trinajstić information content (AvgIpc) is 3.01. The minimum absolute atomic E-state index is 0.122. The fraction of sp³-hybridized carbons (Fsp3) is 0.316. The molecule has 0 unspecified atom stereocenters. The number of aromatic nitrogens is 1. The molecule has 2 aliphatic heterocycles. The Bertz CT molecular complexity index is 870. The minimum atomic E-state index is -0.526. The highest BCUT2D eigenvalue weighted by Crippen LogP contribution is 2.33. The number of nitrogens with one attached hydrogen (secondary N) is 1. The quantitative estimate of drug-likeness (QED) is 0.864. The predicted octanol–water partition coefficient (Wildman–Crippen LogP) is 1.09. The third-order valence-electron chi connectivity index (χ3n) is 5.04. The second kappa shape index (κ2) is 6.42. The molecule has 0 aliphatic carbocycles. The number of pyridine rings is 1. The van der Waals surface area contributed by atoms with Gasteiger partial charge in [-0.25, -0.2) is 4.98 Å². The zero-order valence-corrected chi connectivity index (χ0v) is 14.7. The van der Waals surface area contributed by atoms with Crippen molar-refractivity contribution >= 4 is 23.3 Å². The van der Waals surface area contributed by atoms with Gasteiger partial charge < -0.3 is 20.9 Å². The molecule has 1 aromatic carbocycles. The van der Waals surface area contributed by atoms with E-state index in [0.717, 1.165) is 43.1 Å². The molecule has 1 aromatic heterocycles. The van der Waals surface area contributed by atoms with Gasteiger partial charge in [0.2, 0.25) is 11.8 Å². The van der Waals surface area contributed by atoms with Crippen LogP contribution in [0.25, 0.3) is 11.1 Å². The maximum Gasteiger partial charge on any atom is 0.249 e. The number of fused-ring (bicyclic) bond motifs is 1. The fourth-order valence-electron chi connectivity index (χ4n) is 3.49. The predicted molar refractivity (Wildman–Crippen MR) is 100 cm³/mol. The van der Waals surface area contributed by atoms with E-state index in [9.17, 15) is 9.59 Å². The molecule has 2 aromatic rings. The van der Waals surface area contributed by atoms with Crippen LogP contribution in [0.3, 0.4) is 0 Å². The molecule has 3 heterocycles. The first-order chi connectivity index (χ1) is 12.5. The van der Waals surface area contributed by atoms with Gasteiger partial charge in [-0.05, 0) is 42.4 Å². The number of amides is 2. The first kappa shape index (κ1) is 16.5. The van der Waals surface area contributed by atoms with E-state index in [-0.39, 0.29) is 12.3 Å². The van der Waals surface area contributed by atoms with Crippen LogP contribution in [0.1, 0.15) is 15.9 Å². The molecule has 3 N–H and O–H groups in total. The Hall–Kier alpha value is -2.93. The van der Waals surface area contributed by atoms with Crippen LogP contribution in [0.4, 0.5) is 11.5 Å². The second-order valence-corrected chi connectivity index (χ2v) is 6.83. The van der Waals surface area contributed by atoms with E-state index >= 15 is 0 Å². The molecule has 2 aliphatic rings. The first-order valence-electron chi connectivity index (χ1n) is 8.68. The Kier molecular flexibility index (Phi) is 4.08. The van der Waals surface area contributed by atoms with Crippen molar-refractivity contribution in [2.75, 3.05) is 43.4 Å². The van der Waals surface area contributed by atoms with Crippen LogP contribution in [0.5, 0.6) is 0 Å². The van der Waals surface area contributed by atoms with Gasteiger partial charge in [-0.15, -0.1) is 0 Å². The van der Waals surface area contributed by atoms with E-state index in [2.05, 4.69) is 27.1 Å². The van der Waals surface area contributed by atoms with Gasteiger partial charge in [0.15, 0.2) is 0 Å². The summed E-state index contributed by atoms with van der Waals surface area (Å²) < 4.78 is 0. The summed E-state index contributed by atoms with van der Waals surface area (Å²) in [5, 5.41) is 2.79. The normalized spacial score (nSPS) is 17.1. The summed E-state index contributed by atoms with van der Waals surface area (Å²) in [6.07, 6.45) is 1.99. The number of nitrogens with zero attached hydrogens (tertiary/aromatic N) is 3. The van der Waals surface area contributed by atoms with Crippen LogP contribution >= 0.6 is 0 Å². The summed E-state index contributed by atoms with van der Waals surface area (Å²) in [4.78, 5) is 32.6. The molecule has 26 heavy (non-hydrogen) atoms. The molecule has 7 heteroatoms. The van der Waals surface area contributed by atoms with Crippen LogP contribution in [0, 0.1) is 0 Å². The zero-order valence-electron chi connectivity index (χ0n) is 14.7. The molecule has 134 valence electrons. The van der Waals surface area contributed by atoms with Crippen molar-refractivity contribution in [1.29, 1.82) is 0 Å². The van der Waals surface area contributed by atoms with Crippen LogP contribution in [-0.2, 0) is 11.2 Å². The van der Waals surface area contributed by atoms with Gasteiger partial charge in [-0.3, -0.25) is 9.59 Å². The molecule has 1 fully saturated rings. The Morgan fingerprint density at radius 1 is 1.15 bits per heavy atom. The summed E-state index contributed by atoms with van der Waals surface area (Å²) >= 11 is 0. The van der Waals surface area contributed by atoms with Crippen molar-refractivity contribution in [2.45, 2.75) is 6.42 Å². The van der Waals surface area contributed by atoms with Crippen LogP contribution in [0.15, 0.2) is 30.5 Å². The topological polar surface area (TPSA) is 91.6 Å². The van der Waals surface area contributed by atoms with Crippen molar-refractivity contribution < 1.29 is 9.59 Å². The number of rotatable bonds is 3. The molecule has 0 bridgehead atoms. The maximum absolute atomic E-state index is 11.8. The Labute approximate surface area is 151 Å². The number of carbonyl (C=O) groups excluding carboxylic acids is 2. The third kappa shape index (κ3) is 3.01. The standard InChI is InChI=1S/C19H21N5O2/c1-23-4-6-24(7-5-23)17-3-2-12(11-21-17)13-8-15(19(20)26)14-10-18(25)22-16(14)9-13/h2-3,8-9,11H,4-7,10H2,1H3,(H2,20,26)(H,22,25). The van der Waals surface area contributed by atoms with Gasteiger partial charge in [-0.2, -0.15) is 0 Å². The molecule has 0 saturated carbocycles. The second-order valence-electron chi connectivity index (χ2n) is 6.83. The van der Waals surface area contributed by atoms with Crippen molar-refractivity contribution in [1.82, 2.24) is 9.88 Å². The summed E-state index contributed by atoms with van der Waals surface area (Å²) in [5.41, 5.74) is 8.93. The van der Waals surface area contributed by atoms with Crippen molar-refractivity contribution in [2.24, 2.45) is 5.73 Å². The van der Waals surface area contributed by atoms with Crippen molar-refractivity contribution in [3.05, 3.63) is 41.6 Å². The van der Waals surface area contributed by atoms with Gasteiger partial charge in [-0.1, -0.05) is 0 Å². The lowest BCUT2D eigenvalue weighted by atomic mass is 9.97. The summed E-state index contributed by atoms with van der Waals surface area (Å²) in [7, 11) is 2.12. The molecule has 0 atom stereocenters. The summed E-state index contributed by atoms with van der Waals surface area (Å²) in [6, 6.07) is 7.60. The van der Waals surface area contributed by atoms with Crippen LogP contribution < -0.4 is 16.0 Å². The van der Waals surface area contributed by atoms with Gasteiger partial charge in [0.05, 0.1) is 6.42 Å². The number of piperazine rings is 1. The Balaban J connectivity index is 1.64. The van der Waals surface area contributed by atoms with E-state index in [0.29, 0.717) is 16.8 Å². The number of anilines is 2. The molecule has 4 rings (SSSR count). The fourth-order valence-corrected chi connectivity index (χ4v) is 3.49. The van der Waals surface area contributed by atoms with E-state index in [1.807, 2.05) is 18.2 Å². The lowest BCUT2D eigenvalue weighted by molar-refractivity contribution is -0.115. The smallest absolute Gasteiger partial charge is 0.249 e. The highest BCUT2D eigenvalue weighted by Gasteiger charge is 2.24. The minimum Gasteiger partial charge on any atom is -0.366 e. The largest absolute Gasteiger partial charge is 0.366 e. The molecule has 1 saturated heterocycles. The monoisotopic (exact) mass is 351 g/mol. The molecular formula is C19H21N5O2. The molecule has 7 nitrogen and oxygen atoms in total. The van der Waals surface area contributed by atoms with Crippen molar-refractivity contribution in [3.8, 4) is 11.1 Å². The number of benzene rings is 1. The Morgan fingerprint density at radius 2 is 1.92 bits per heavy atom. The van der Waals surface area contributed by atoms with Gasteiger partial charge in [0.25, 0.3) is 0 Å². The highest BCUT2D eigenvalue weighted by molar-refractivity contribution is 6.06. The number of primary amides is 1. The number of carbonyl (C=O) groups is 2. The number of likely N-dealkylation sites (N-methyl/N-ethyl adjacent to an activating group) is 1. The molecule has 0 radical (unpaired) electrons.